The number of nitrogens with zero attached hydrogens (tertiary/aromatic N) is 3. The van der Waals surface area contributed by atoms with Crippen LogP contribution in [0.1, 0.15) is 5.01 Å². The molecule has 0 unspecified atom stereocenters. The van der Waals surface area contributed by atoms with Crippen molar-refractivity contribution in [3.8, 4) is 0 Å². The molecule has 1 rings (SSSR count). The van der Waals surface area contributed by atoms with Gasteiger partial charge in [0.2, 0.25) is 0 Å². The summed E-state index contributed by atoms with van der Waals surface area (Å²) in [6.07, 6.45) is 3.47. The lowest BCUT2D eigenvalue weighted by molar-refractivity contribution is 0.564. The second-order valence-corrected chi connectivity index (χ2v) is 3.32. The van der Waals surface area contributed by atoms with E-state index in [2.05, 4.69) is 10.1 Å². The molecular formula is C7H10N4S. The van der Waals surface area contributed by atoms with Gasteiger partial charge in [-0.1, -0.05) is 0 Å². The van der Waals surface area contributed by atoms with Crippen molar-refractivity contribution in [1.82, 2.24) is 9.88 Å². The van der Waals surface area contributed by atoms with E-state index >= 15 is 0 Å². The largest absolute Gasteiger partial charge is 0.382 e. The van der Waals surface area contributed by atoms with Crippen LogP contribution in [0, 0.1) is 5.53 Å². The van der Waals surface area contributed by atoms with E-state index in [0.717, 1.165) is 5.01 Å². The van der Waals surface area contributed by atoms with Crippen LogP contribution in [0.2, 0.25) is 0 Å². The lowest BCUT2D eigenvalue weighted by Crippen LogP contribution is -2.01. The highest BCUT2D eigenvalue weighted by atomic mass is 32.1. The van der Waals surface area contributed by atoms with Gasteiger partial charge in [-0.25, -0.2) is 10.5 Å². The van der Waals surface area contributed by atoms with Crippen LogP contribution in [0.3, 0.4) is 0 Å². The van der Waals surface area contributed by atoms with Gasteiger partial charge in [-0.15, -0.1) is 11.3 Å². The standard InChI is InChI=1S/C7H10N4S/c1-11(2)5-6(10-8)7-9-3-4-12-7/h3-5,8H,1-2H3/b6-5-,10-8?. The first kappa shape index (κ1) is 8.86. The van der Waals surface area contributed by atoms with Crippen LogP contribution in [-0.2, 0) is 0 Å². The van der Waals surface area contributed by atoms with Crippen LogP contribution in [0.25, 0.3) is 5.70 Å². The zero-order chi connectivity index (χ0) is 8.97. The van der Waals surface area contributed by atoms with E-state index in [1.165, 1.54) is 11.3 Å². The zero-order valence-corrected chi connectivity index (χ0v) is 7.80. The van der Waals surface area contributed by atoms with E-state index < -0.39 is 0 Å². The molecule has 0 aliphatic rings. The Bertz CT molecular complexity index is 276. The minimum Gasteiger partial charge on any atom is -0.382 e. The van der Waals surface area contributed by atoms with Gasteiger partial charge in [0, 0.05) is 31.9 Å². The molecule has 0 atom stereocenters. The number of aromatic nitrogens is 1. The number of thiazole rings is 1. The third kappa shape index (κ3) is 2.13. The van der Waals surface area contributed by atoms with Gasteiger partial charge in [0.1, 0.15) is 10.7 Å². The van der Waals surface area contributed by atoms with E-state index in [-0.39, 0.29) is 0 Å². The van der Waals surface area contributed by atoms with E-state index in [4.69, 9.17) is 5.53 Å². The molecule has 0 radical (unpaired) electrons. The van der Waals surface area contributed by atoms with Gasteiger partial charge >= 0.3 is 0 Å². The molecule has 0 aromatic carbocycles. The fourth-order valence-electron chi connectivity index (χ4n) is 0.726. The van der Waals surface area contributed by atoms with Gasteiger partial charge in [-0.3, -0.25) is 0 Å². The third-order valence-electron chi connectivity index (χ3n) is 1.15. The maximum absolute atomic E-state index is 6.93. The molecule has 1 aromatic rings. The van der Waals surface area contributed by atoms with E-state index in [1.54, 1.807) is 12.4 Å². The fraction of sp³-hybridized carbons (Fsp3) is 0.286. The molecule has 0 aliphatic heterocycles. The fourth-order valence-corrected chi connectivity index (χ4v) is 1.32. The number of nitrogens with one attached hydrogen (secondary N) is 1. The lowest BCUT2D eigenvalue weighted by atomic mass is 10.5. The summed E-state index contributed by atoms with van der Waals surface area (Å²) in [5.41, 5.74) is 7.52. The minimum atomic E-state index is 0.593. The summed E-state index contributed by atoms with van der Waals surface area (Å²) in [7, 11) is 3.78. The molecule has 1 aromatic heterocycles. The van der Waals surface area contributed by atoms with Crippen LogP contribution >= 0.6 is 11.3 Å². The first-order chi connectivity index (χ1) is 5.74. The molecular weight excluding hydrogens is 172 g/mol. The summed E-state index contributed by atoms with van der Waals surface area (Å²) in [4.78, 5) is 5.89. The maximum Gasteiger partial charge on any atom is 0.145 e. The van der Waals surface area contributed by atoms with Crippen molar-refractivity contribution in [2.24, 2.45) is 5.11 Å². The molecule has 1 heterocycles. The van der Waals surface area contributed by atoms with Crippen molar-refractivity contribution < 1.29 is 0 Å². The van der Waals surface area contributed by atoms with Crippen LogP contribution < -0.4 is 0 Å². The van der Waals surface area contributed by atoms with Crippen LogP contribution in [0.15, 0.2) is 22.9 Å². The highest BCUT2D eigenvalue weighted by Gasteiger charge is 2.02. The summed E-state index contributed by atoms with van der Waals surface area (Å²) in [5.74, 6) is 0. The zero-order valence-electron chi connectivity index (χ0n) is 6.98. The Morgan fingerprint density at radius 3 is 2.92 bits per heavy atom. The van der Waals surface area contributed by atoms with Gasteiger partial charge in [0.15, 0.2) is 0 Å². The smallest absolute Gasteiger partial charge is 0.145 e. The highest BCUT2D eigenvalue weighted by molar-refractivity contribution is 7.10. The van der Waals surface area contributed by atoms with Crippen LogP contribution in [0.4, 0.5) is 0 Å². The SMILES string of the molecule is CN(C)/C=C(\N=N)c1nccs1. The van der Waals surface area contributed by atoms with Crippen molar-refractivity contribution in [2.75, 3.05) is 14.1 Å². The first-order valence-corrected chi connectivity index (χ1v) is 4.27. The molecule has 0 bridgehead atoms. The van der Waals surface area contributed by atoms with Crippen molar-refractivity contribution in [3.63, 3.8) is 0 Å². The summed E-state index contributed by atoms with van der Waals surface area (Å²) >= 11 is 1.48. The molecule has 0 saturated heterocycles. The van der Waals surface area contributed by atoms with E-state index in [0.29, 0.717) is 5.70 Å². The van der Waals surface area contributed by atoms with Crippen LogP contribution in [-0.4, -0.2) is 24.0 Å². The Labute approximate surface area is 75.1 Å². The second kappa shape index (κ2) is 3.96. The minimum absolute atomic E-state index is 0.593. The Kier molecular flexibility index (Phi) is 2.93. The number of rotatable bonds is 3. The third-order valence-corrected chi connectivity index (χ3v) is 1.95. The van der Waals surface area contributed by atoms with Gasteiger partial charge in [-0.2, -0.15) is 5.11 Å². The predicted octanol–water partition coefficient (Wildman–Crippen LogP) is 2.03. The van der Waals surface area contributed by atoms with E-state index in [9.17, 15) is 0 Å². The first-order valence-electron chi connectivity index (χ1n) is 3.39. The molecule has 64 valence electrons. The summed E-state index contributed by atoms with van der Waals surface area (Å²) in [6.45, 7) is 0. The summed E-state index contributed by atoms with van der Waals surface area (Å²) in [5, 5.41) is 6.03. The quantitative estimate of drug-likeness (QED) is 0.727. The summed E-state index contributed by atoms with van der Waals surface area (Å²) < 4.78 is 0. The molecule has 4 nitrogen and oxygen atoms in total. The highest BCUT2D eigenvalue weighted by Crippen LogP contribution is 2.17. The van der Waals surface area contributed by atoms with Gasteiger partial charge in [0.05, 0.1) is 0 Å². The van der Waals surface area contributed by atoms with Gasteiger partial charge in [-0.05, 0) is 0 Å². The lowest BCUT2D eigenvalue weighted by Gasteiger charge is -2.04. The Morgan fingerprint density at radius 1 is 1.75 bits per heavy atom. The van der Waals surface area contributed by atoms with Gasteiger partial charge in [0.25, 0.3) is 0 Å². The predicted molar refractivity (Wildman–Crippen MR) is 48.9 cm³/mol. The number of hydrogen-bond donors (Lipinski definition) is 1. The molecule has 0 fully saturated rings. The molecule has 0 saturated carbocycles. The Hall–Kier alpha value is -1.23. The second-order valence-electron chi connectivity index (χ2n) is 2.43. The topological polar surface area (TPSA) is 52.3 Å². The molecule has 12 heavy (non-hydrogen) atoms. The van der Waals surface area contributed by atoms with Crippen molar-refractivity contribution in [2.45, 2.75) is 0 Å². The van der Waals surface area contributed by atoms with Crippen molar-refractivity contribution in [1.29, 1.82) is 5.53 Å². The van der Waals surface area contributed by atoms with Crippen molar-refractivity contribution >= 4 is 17.0 Å². The average Bonchev–Trinajstić information content (AvgIpc) is 2.51. The molecule has 0 aliphatic carbocycles. The molecule has 5 heteroatoms. The summed E-state index contributed by atoms with van der Waals surface area (Å²) in [6, 6.07) is 0. The monoisotopic (exact) mass is 182 g/mol. The molecule has 1 N–H and O–H groups in total. The van der Waals surface area contributed by atoms with Crippen LogP contribution in [0.5, 0.6) is 0 Å². The number of hydrogen-bond acceptors (Lipinski definition) is 5. The van der Waals surface area contributed by atoms with E-state index in [1.807, 2.05) is 24.4 Å². The normalized spacial score (nSPS) is 11.3. The Morgan fingerprint density at radius 2 is 2.50 bits per heavy atom. The molecule has 0 spiro atoms. The Balaban J connectivity index is 2.91. The average molecular weight is 182 g/mol. The van der Waals surface area contributed by atoms with Crippen molar-refractivity contribution in [3.05, 3.63) is 22.8 Å². The maximum atomic E-state index is 6.93. The molecule has 0 amide bonds. The van der Waals surface area contributed by atoms with Gasteiger partial charge < -0.3 is 4.90 Å².